The third kappa shape index (κ3) is 4.43. The molecule has 3 aromatic rings. The number of amides is 1. The molecule has 0 radical (unpaired) electrons. The highest BCUT2D eigenvalue weighted by Gasteiger charge is 2.26. The van der Waals surface area contributed by atoms with Gasteiger partial charge >= 0.3 is 0 Å². The van der Waals surface area contributed by atoms with Gasteiger partial charge in [0.1, 0.15) is 5.82 Å². The minimum absolute atomic E-state index is 0.0366. The summed E-state index contributed by atoms with van der Waals surface area (Å²) in [5, 5.41) is 18.9. The van der Waals surface area contributed by atoms with Crippen LogP contribution >= 0.6 is 15.9 Å². The molecular formula is C19H19BrN6O3. The van der Waals surface area contributed by atoms with Crippen LogP contribution in [-0.2, 0) is 11.5 Å². The molecule has 0 unspecified atom stereocenters. The Balaban J connectivity index is 1.42. The van der Waals surface area contributed by atoms with E-state index in [9.17, 15) is 14.9 Å². The maximum Gasteiger partial charge on any atom is 0.270 e. The number of nitro benzene ring substituents is 1. The molecule has 150 valence electrons. The van der Waals surface area contributed by atoms with Gasteiger partial charge in [0.2, 0.25) is 5.91 Å². The summed E-state index contributed by atoms with van der Waals surface area (Å²) in [4.78, 5) is 29.5. The summed E-state index contributed by atoms with van der Waals surface area (Å²) in [5.74, 6) is 0.373. The van der Waals surface area contributed by atoms with Crippen molar-refractivity contribution >= 4 is 44.2 Å². The number of non-ortho nitro benzene ring substituents is 1. The molecule has 10 heteroatoms. The number of pyridine rings is 1. The van der Waals surface area contributed by atoms with Crippen molar-refractivity contribution in [3.63, 3.8) is 0 Å². The normalized spacial score (nSPS) is 17.3. The number of nitrogens with zero attached hydrogens (tertiary/aromatic N) is 5. The quantitative estimate of drug-likeness (QED) is 0.463. The molecule has 0 saturated carbocycles. The zero-order valence-electron chi connectivity index (χ0n) is 15.5. The number of rotatable bonds is 5. The van der Waals surface area contributed by atoms with E-state index in [0.717, 1.165) is 34.8 Å². The summed E-state index contributed by atoms with van der Waals surface area (Å²) >= 11 is 3.33. The fourth-order valence-corrected chi connectivity index (χ4v) is 3.80. The summed E-state index contributed by atoms with van der Waals surface area (Å²) in [6.45, 7) is 2.02. The number of carbonyl (C=O) groups excluding carboxylic acids is 1. The fourth-order valence-electron chi connectivity index (χ4n) is 3.57. The number of carbonyl (C=O) groups is 1. The Morgan fingerprint density at radius 2 is 2.17 bits per heavy atom. The second-order valence-electron chi connectivity index (χ2n) is 7.05. The van der Waals surface area contributed by atoms with Crippen LogP contribution in [0.4, 0.5) is 11.5 Å². The minimum Gasteiger partial charge on any atom is -0.310 e. The molecule has 2 aromatic heterocycles. The molecule has 0 bridgehead atoms. The maximum atomic E-state index is 12.6. The first-order chi connectivity index (χ1) is 14.0. The van der Waals surface area contributed by atoms with Crippen LogP contribution in [-0.4, -0.2) is 43.6 Å². The molecule has 4 rings (SSSR count). The first-order valence-electron chi connectivity index (χ1n) is 9.24. The highest BCUT2D eigenvalue weighted by atomic mass is 79.9. The molecular weight excluding hydrogens is 440 g/mol. The molecule has 0 spiro atoms. The van der Waals surface area contributed by atoms with Crippen LogP contribution in [0.1, 0.15) is 12.8 Å². The van der Waals surface area contributed by atoms with E-state index in [1.165, 1.54) is 12.1 Å². The van der Waals surface area contributed by atoms with Crippen molar-refractivity contribution in [1.29, 1.82) is 0 Å². The SMILES string of the molecule is O=C(Nc1ccc(Br)cn1)[C@@H]1CCCN(Cn2ncc3cc([N+](=O)[O-])ccc32)C1. The number of halogens is 1. The highest BCUT2D eigenvalue weighted by molar-refractivity contribution is 9.10. The summed E-state index contributed by atoms with van der Waals surface area (Å²) in [6.07, 6.45) is 5.02. The Labute approximate surface area is 175 Å². The predicted octanol–water partition coefficient (Wildman–Crippen LogP) is 3.41. The molecule has 1 aromatic carbocycles. The number of fused-ring (bicyclic) bond motifs is 1. The first kappa shape index (κ1) is 19.5. The summed E-state index contributed by atoms with van der Waals surface area (Å²) < 4.78 is 2.67. The van der Waals surface area contributed by atoms with Crippen LogP contribution in [0.25, 0.3) is 10.9 Å². The fraction of sp³-hybridized carbons (Fsp3) is 0.316. The number of nitrogens with one attached hydrogen (secondary N) is 1. The van der Waals surface area contributed by atoms with Crippen molar-refractivity contribution in [2.45, 2.75) is 19.5 Å². The van der Waals surface area contributed by atoms with Gasteiger partial charge in [-0.15, -0.1) is 0 Å². The van der Waals surface area contributed by atoms with Crippen LogP contribution in [0, 0.1) is 16.0 Å². The largest absolute Gasteiger partial charge is 0.310 e. The van der Waals surface area contributed by atoms with Crippen molar-refractivity contribution in [2.75, 3.05) is 18.4 Å². The van der Waals surface area contributed by atoms with Crippen molar-refractivity contribution in [2.24, 2.45) is 5.92 Å². The molecule has 29 heavy (non-hydrogen) atoms. The van der Waals surface area contributed by atoms with Gasteiger partial charge in [-0.05, 0) is 53.5 Å². The molecule has 1 amide bonds. The first-order valence-corrected chi connectivity index (χ1v) is 10.0. The van der Waals surface area contributed by atoms with E-state index in [2.05, 4.69) is 36.2 Å². The van der Waals surface area contributed by atoms with E-state index in [4.69, 9.17) is 0 Å². The van der Waals surface area contributed by atoms with Gasteiger partial charge in [0.25, 0.3) is 5.69 Å². The molecule has 0 aliphatic carbocycles. The lowest BCUT2D eigenvalue weighted by atomic mass is 9.97. The van der Waals surface area contributed by atoms with Gasteiger partial charge in [-0.3, -0.25) is 24.5 Å². The Bertz CT molecular complexity index is 1050. The number of aromatic nitrogens is 3. The Morgan fingerprint density at radius 3 is 2.93 bits per heavy atom. The number of piperidine rings is 1. The average molecular weight is 459 g/mol. The van der Waals surface area contributed by atoms with Crippen molar-refractivity contribution in [3.05, 3.63) is 57.3 Å². The summed E-state index contributed by atoms with van der Waals surface area (Å²) in [7, 11) is 0. The molecule has 1 N–H and O–H groups in total. The second kappa shape index (κ2) is 8.26. The molecule has 1 saturated heterocycles. The topological polar surface area (TPSA) is 106 Å². The van der Waals surface area contributed by atoms with E-state index in [1.54, 1.807) is 24.5 Å². The third-order valence-electron chi connectivity index (χ3n) is 5.03. The minimum atomic E-state index is -0.412. The third-order valence-corrected chi connectivity index (χ3v) is 5.49. The standard InChI is InChI=1S/C19H19BrN6O3/c20-15-3-6-18(21-10-15)23-19(27)13-2-1-7-24(11-13)12-25-17-5-4-16(26(28)29)8-14(17)9-22-25/h3-6,8-10,13H,1-2,7,11-12H2,(H,21,23,27)/t13-/m1/s1. The summed E-state index contributed by atoms with van der Waals surface area (Å²) in [6, 6.07) is 8.32. The average Bonchev–Trinajstić information content (AvgIpc) is 3.12. The zero-order valence-corrected chi connectivity index (χ0v) is 17.1. The smallest absolute Gasteiger partial charge is 0.270 e. The van der Waals surface area contributed by atoms with Gasteiger partial charge < -0.3 is 5.32 Å². The Hall–Kier alpha value is -2.85. The van der Waals surface area contributed by atoms with E-state index in [0.29, 0.717) is 19.0 Å². The van der Waals surface area contributed by atoms with Crippen LogP contribution < -0.4 is 5.32 Å². The number of likely N-dealkylation sites (tertiary alicyclic amines) is 1. The lowest BCUT2D eigenvalue weighted by molar-refractivity contribution is -0.384. The van der Waals surface area contributed by atoms with Crippen LogP contribution in [0.5, 0.6) is 0 Å². The van der Waals surface area contributed by atoms with E-state index < -0.39 is 4.92 Å². The van der Waals surface area contributed by atoms with Crippen LogP contribution in [0.15, 0.2) is 47.2 Å². The van der Waals surface area contributed by atoms with Gasteiger partial charge in [0.15, 0.2) is 0 Å². The van der Waals surface area contributed by atoms with Gasteiger partial charge in [-0.2, -0.15) is 5.10 Å². The molecule has 1 atom stereocenters. The van der Waals surface area contributed by atoms with E-state index in [1.807, 2.05) is 10.7 Å². The maximum absolute atomic E-state index is 12.6. The molecule has 1 fully saturated rings. The van der Waals surface area contributed by atoms with Gasteiger partial charge in [0, 0.05) is 34.7 Å². The van der Waals surface area contributed by atoms with Crippen molar-refractivity contribution < 1.29 is 9.72 Å². The number of benzene rings is 1. The van der Waals surface area contributed by atoms with Gasteiger partial charge in [-0.1, -0.05) is 0 Å². The number of hydrogen-bond acceptors (Lipinski definition) is 6. The van der Waals surface area contributed by atoms with Crippen molar-refractivity contribution in [3.8, 4) is 0 Å². The lowest BCUT2D eigenvalue weighted by Crippen LogP contribution is -2.41. The number of hydrogen-bond donors (Lipinski definition) is 1. The molecule has 9 nitrogen and oxygen atoms in total. The predicted molar refractivity (Wildman–Crippen MR) is 111 cm³/mol. The monoisotopic (exact) mass is 458 g/mol. The zero-order chi connectivity index (χ0) is 20.4. The van der Waals surface area contributed by atoms with Gasteiger partial charge in [0.05, 0.1) is 29.2 Å². The molecule has 3 heterocycles. The molecule has 1 aliphatic heterocycles. The van der Waals surface area contributed by atoms with E-state index in [-0.39, 0.29) is 17.5 Å². The second-order valence-corrected chi connectivity index (χ2v) is 7.97. The molecule has 1 aliphatic rings. The summed E-state index contributed by atoms with van der Waals surface area (Å²) in [5.41, 5.74) is 0.884. The lowest BCUT2D eigenvalue weighted by Gasteiger charge is -2.31. The Morgan fingerprint density at radius 1 is 1.31 bits per heavy atom. The van der Waals surface area contributed by atoms with Crippen LogP contribution in [0.2, 0.25) is 0 Å². The van der Waals surface area contributed by atoms with Crippen LogP contribution in [0.3, 0.4) is 0 Å². The number of anilines is 1. The van der Waals surface area contributed by atoms with Crippen molar-refractivity contribution in [1.82, 2.24) is 19.7 Å². The van der Waals surface area contributed by atoms with Gasteiger partial charge in [-0.25, -0.2) is 4.98 Å². The Kier molecular flexibility index (Phi) is 5.54. The van der Waals surface area contributed by atoms with E-state index >= 15 is 0 Å². The number of nitro groups is 1. The highest BCUT2D eigenvalue weighted by Crippen LogP contribution is 2.23.